The van der Waals surface area contributed by atoms with Gasteiger partial charge in [-0.05, 0) is 23.3 Å². The molecule has 0 heterocycles. The van der Waals surface area contributed by atoms with Crippen molar-refractivity contribution in [2.24, 2.45) is 0 Å². The maximum Gasteiger partial charge on any atom is 0.339 e. The molecule has 0 N–H and O–H groups in total. The second-order valence-corrected chi connectivity index (χ2v) is 5.67. The molecule has 0 aliphatic heterocycles. The number of benzene rings is 3. The molecule has 3 aromatic rings. The molecule has 0 aliphatic rings. The number of rotatable bonds is 6. The van der Waals surface area contributed by atoms with Crippen LogP contribution in [0.4, 0.5) is 0 Å². The Morgan fingerprint density at radius 3 is 1.27 bits per heavy atom. The van der Waals surface area contributed by atoms with Crippen molar-refractivity contribution in [2.75, 3.05) is 0 Å². The monoisotopic (exact) mass is 346 g/mol. The highest BCUT2D eigenvalue weighted by Crippen LogP contribution is 2.14. The first-order valence-corrected chi connectivity index (χ1v) is 8.25. The van der Waals surface area contributed by atoms with Crippen LogP contribution >= 0.6 is 0 Å². The molecule has 0 saturated carbocycles. The zero-order valence-electron chi connectivity index (χ0n) is 14.1. The summed E-state index contributed by atoms with van der Waals surface area (Å²) in [5, 5.41) is 0. The molecular formula is C22H18O4. The quantitative estimate of drug-likeness (QED) is 0.621. The Bertz CT molecular complexity index is 798. The molecule has 3 aromatic carbocycles. The molecule has 4 heteroatoms. The fourth-order valence-electron chi connectivity index (χ4n) is 2.44. The van der Waals surface area contributed by atoms with Gasteiger partial charge in [0.05, 0.1) is 11.1 Å². The van der Waals surface area contributed by atoms with Crippen molar-refractivity contribution < 1.29 is 19.1 Å². The van der Waals surface area contributed by atoms with Crippen LogP contribution in [0.2, 0.25) is 0 Å². The summed E-state index contributed by atoms with van der Waals surface area (Å²) in [6.07, 6.45) is 0. The van der Waals surface area contributed by atoms with Gasteiger partial charge in [-0.1, -0.05) is 72.8 Å². The van der Waals surface area contributed by atoms with Gasteiger partial charge in [0.1, 0.15) is 13.2 Å². The van der Waals surface area contributed by atoms with Crippen LogP contribution in [0, 0.1) is 0 Å². The van der Waals surface area contributed by atoms with E-state index < -0.39 is 11.9 Å². The fraction of sp³-hybridized carbons (Fsp3) is 0.0909. The predicted molar refractivity (Wildman–Crippen MR) is 97.6 cm³/mol. The van der Waals surface area contributed by atoms with Crippen molar-refractivity contribution in [3.63, 3.8) is 0 Å². The minimum absolute atomic E-state index is 0.146. The summed E-state index contributed by atoms with van der Waals surface area (Å²) in [6.45, 7) is 0.292. The molecule has 0 atom stereocenters. The lowest BCUT2D eigenvalue weighted by molar-refractivity contribution is 0.0425. The van der Waals surface area contributed by atoms with E-state index in [9.17, 15) is 9.59 Å². The first-order chi connectivity index (χ1) is 12.7. The van der Waals surface area contributed by atoms with E-state index in [1.807, 2.05) is 60.7 Å². The van der Waals surface area contributed by atoms with E-state index in [1.165, 1.54) is 0 Å². The number of esters is 2. The van der Waals surface area contributed by atoms with Crippen LogP contribution in [0.25, 0.3) is 0 Å². The van der Waals surface area contributed by atoms with Crippen molar-refractivity contribution in [1.82, 2.24) is 0 Å². The van der Waals surface area contributed by atoms with Gasteiger partial charge < -0.3 is 9.47 Å². The zero-order valence-corrected chi connectivity index (χ0v) is 14.1. The average Bonchev–Trinajstić information content (AvgIpc) is 2.72. The summed E-state index contributed by atoms with van der Waals surface area (Å²) in [5.74, 6) is -1.11. The Hall–Kier alpha value is -3.40. The molecule has 0 bridgehead atoms. The van der Waals surface area contributed by atoms with Crippen LogP contribution in [0.3, 0.4) is 0 Å². The topological polar surface area (TPSA) is 52.6 Å². The molecule has 130 valence electrons. The predicted octanol–water partition coefficient (Wildman–Crippen LogP) is 4.40. The molecule has 4 nitrogen and oxygen atoms in total. The fourth-order valence-corrected chi connectivity index (χ4v) is 2.44. The summed E-state index contributed by atoms with van der Waals surface area (Å²) in [4.78, 5) is 24.8. The first kappa shape index (κ1) is 17.4. The highest BCUT2D eigenvalue weighted by molar-refractivity contribution is 6.03. The SMILES string of the molecule is O=C(OCc1ccccc1)c1ccccc1C(=O)OCc1ccccc1. The molecule has 0 unspecified atom stereocenters. The lowest BCUT2D eigenvalue weighted by Crippen LogP contribution is -2.14. The molecule has 0 spiro atoms. The van der Waals surface area contributed by atoms with E-state index >= 15 is 0 Å². The number of carbonyl (C=O) groups excluding carboxylic acids is 2. The van der Waals surface area contributed by atoms with Gasteiger partial charge in [0.15, 0.2) is 0 Å². The summed E-state index contributed by atoms with van der Waals surface area (Å²) >= 11 is 0. The van der Waals surface area contributed by atoms with Crippen LogP contribution in [0.5, 0.6) is 0 Å². The smallest absolute Gasteiger partial charge is 0.339 e. The van der Waals surface area contributed by atoms with E-state index in [0.717, 1.165) is 11.1 Å². The minimum Gasteiger partial charge on any atom is -0.457 e. The molecule has 0 amide bonds. The minimum atomic E-state index is -0.555. The Labute approximate surface area is 152 Å². The van der Waals surface area contributed by atoms with Crippen LogP contribution < -0.4 is 0 Å². The number of ether oxygens (including phenoxy) is 2. The number of hydrogen-bond acceptors (Lipinski definition) is 4. The van der Waals surface area contributed by atoms with Crippen LogP contribution in [-0.2, 0) is 22.7 Å². The molecule has 0 aromatic heterocycles. The summed E-state index contributed by atoms with van der Waals surface area (Å²) < 4.78 is 10.6. The van der Waals surface area contributed by atoms with Crippen molar-refractivity contribution in [3.8, 4) is 0 Å². The maximum absolute atomic E-state index is 12.4. The Kier molecular flexibility index (Phi) is 5.78. The highest BCUT2D eigenvalue weighted by atomic mass is 16.5. The summed E-state index contributed by atoms with van der Waals surface area (Å²) in [6, 6.07) is 25.2. The molecule has 0 saturated heterocycles. The van der Waals surface area contributed by atoms with Gasteiger partial charge in [0.2, 0.25) is 0 Å². The van der Waals surface area contributed by atoms with Crippen molar-refractivity contribution in [2.45, 2.75) is 13.2 Å². The van der Waals surface area contributed by atoms with Crippen molar-refractivity contribution in [1.29, 1.82) is 0 Å². The number of hydrogen-bond donors (Lipinski definition) is 0. The van der Waals surface area contributed by atoms with Gasteiger partial charge in [-0.15, -0.1) is 0 Å². The van der Waals surface area contributed by atoms with Gasteiger partial charge in [-0.25, -0.2) is 9.59 Å². The first-order valence-electron chi connectivity index (χ1n) is 8.25. The third kappa shape index (κ3) is 4.57. The maximum atomic E-state index is 12.4. The lowest BCUT2D eigenvalue weighted by atomic mass is 10.1. The van der Waals surface area contributed by atoms with Crippen LogP contribution in [0.15, 0.2) is 84.9 Å². The molecular weight excluding hydrogens is 328 g/mol. The third-order valence-corrected chi connectivity index (χ3v) is 3.79. The van der Waals surface area contributed by atoms with Gasteiger partial charge >= 0.3 is 11.9 Å². The Balaban J connectivity index is 1.66. The molecule has 3 rings (SSSR count). The van der Waals surface area contributed by atoms with Gasteiger partial charge in [0, 0.05) is 0 Å². The Morgan fingerprint density at radius 1 is 0.538 bits per heavy atom. The van der Waals surface area contributed by atoms with Crippen LogP contribution in [0.1, 0.15) is 31.8 Å². The van der Waals surface area contributed by atoms with E-state index in [-0.39, 0.29) is 24.3 Å². The second kappa shape index (κ2) is 8.62. The highest BCUT2D eigenvalue weighted by Gasteiger charge is 2.19. The molecule has 0 aliphatic carbocycles. The van der Waals surface area contributed by atoms with Gasteiger partial charge in [-0.2, -0.15) is 0 Å². The lowest BCUT2D eigenvalue weighted by Gasteiger charge is -2.10. The average molecular weight is 346 g/mol. The van der Waals surface area contributed by atoms with E-state index in [0.29, 0.717) is 0 Å². The molecule has 0 radical (unpaired) electrons. The van der Waals surface area contributed by atoms with Gasteiger partial charge in [0.25, 0.3) is 0 Å². The van der Waals surface area contributed by atoms with Crippen LogP contribution in [-0.4, -0.2) is 11.9 Å². The van der Waals surface area contributed by atoms with E-state index in [2.05, 4.69) is 0 Å². The Morgan fingerprint density at radius 2 is 0.885 bits per heavy atom. The normalized spacial score (nSPS) is 10.2. The largest absolute Gasteiger partial charge is 0.457 e. The standard InChI is InChI=1S/C22H18O4/c23-21(25-15-17-9-3-1-4-10-17)19-13-7-8-14-20(19)22(24)26-16-18-11-5-2-6-12-18/h1-14H,15-16H2. The third-order valence-electron chi connectivity index (χ3n) is 3.79. The van der Waals surface area contributed by atoms with E-state index in [1.54, 1.807) is 24.3 Å². The molecule has 26 heavy (non-hydrogen) atoms. The zero-order chi connectivity index (χ0) is 18.2. The number of carbonyl (C=O) groups is 2. The summed E-state index contributed by atoms with van der Waals surface area (Å²) in [7, 11) is 0. The summed E-state index contributed by atoms with van der Waals surface area (Å²) in [5.41, 5.74) is 2.15. The van der Waals surface area contributed by atoms with Gasteiger partial charge in [-0.3, -0.25) is 0 Å². The van der Waals surface area contributed by atoms with E-state index in [4.69, 9.17) is 9.47 Å². The van der Waals surface area contributed by atoms with Crippen molar-refractivity contribution >= 4 is 11.9 Å². The molecule has 0 fully saturated rings. The second-order valence-electron chi connectivity index (χ2n) is 5.67. The van der Waals surface area contributed by atoms with Crippen molar-refractivity contribution in [3.05, 3.63) is 107 Å².